The van der Waals surface area contributed by atoms with Crippen molar-refractivity contribution in [1.29, 1.82) is 0 Å². The van der Waals surface area contributed by atoms with Gasteiger partial charge in [-0.2, -0.15) is 0 Å². The molecule has 0 aromatic heterocycles. The molecule has 0 unspecified atom stereocenters. The van der Waals surface area contributed by atoms with Gasteiger partial charge in [0.1, 0.15) is 5.41 Å². The van der Waals surface area contributed by atoms with E-state index in [1.54, 1.807) is 205 Å². The molecule has 4 nitrogen and oxygen atoms in total. The van der Waals surface area contributed by atoms with E-state index in [1.165, 1.54) is 108 Å². The fourth-order valence-electron chi connectivity index (χ4n) is 24.7. The number of ether oxygens (including phenoxy) is 1. The molecule has 70 heavy (non-hydrogen) atoms. The van der Waals surface area contributed by atoms with Crippen molar-refractivity contribution in [1.82, 2.24) is 0 Å². The Labute approximate surface area is 379 Å². The molecule has 4 heteroatoms. The van der Waals surface area contributed by atoms with Crippen LogP contribution in [0.2, 0.25) is 0 Å². The van der Waals surface area contributed by atoms with Crippen LogP contribution in [0.5, 0.6) is 0 Å². The number of oxime groups is 1. The Balaban J connectivity index is 1.16. The van der Waals surface area contributed by atoms with Crippen molar-refractivity contribution >= 4 is 303 Å². The molecule has 28 aromatic rings. The third kappa shape index (κ3) is 1.37. The highest BCUT2D eigenvalue weighted by Gasteiger charge is 2.76. The second kappa shape index (κ2) is 5.94. The Morgan fingerprint density at radius 3 is 0.743 bits per heavy atom. The maximum Gasteiger partial charge on any atom is 0.306 e. The summed E-state index contributed by atoms with van der Waals surface area (Å²) in [5.74, 6) is -0.143. The van der Waals surface area contributed by atoms with Crippen LogP contribution in [0.3, 0.4) is 0 Å². The van der Waals surface area contributed by atoms with Gasteiger partial charge in [-0.05, 0) is 309 Å². The molecule has 296 valence electrons. The van der Waals surface area contributed by atoms with Gasteiger partial charge in [-0.25, -0.2) is 0 Å². The second-order valence-corrected chi connectivity index (χ2v) is 25.1. The summed E-state index contributed by atoms with van der Waals surface area (Å²) in [7, 11) is 0. The molecule has 33 rings (SSSR count). The molecule has 1 heterocycles. The summed E-state index contributed by atoms with van der Waals surface area (Å²) in [6.45, 7) is 2.31. The van der Waals surface area contributed by atoms with Crippen LogP contribution in [0.4, 0.5) is 0 Å². The molecule has 0 saturated heterocycles. The first kappa shape index (κ1) is 26.2. The summed E-state index contributed by atoms with van der Waals surface area (Å²) in [5, 5.41) is 90.2. The molecule has 2 spiro atoms. The lowest BCUT2D eigenvalue weighted by Crippen LogP contribution is -2.54. The Morgan fingerprint density at radius 2 is 0.529 bits per heavy atom. The minimum absolute atomic E-state index is 0.143. The van der Waals surface area contributed by atoms with Crippen molar-refractivity contribution in [3.05, 3.63) is 22.3 Å². The molecule has 0 N–H and O–H groups in total. The Bertz CT molecular complexity index is 7070. The van der Waals surface area contributed by atoms with E-state index >= 15 is 0 Å². The number of benzene rings is 18. The Morgan fingerprint density at radius 1 is 0.329 bits per heavy atom. The van der Waals surface area contributed by atoms with Gasteiger partial charge in [0.15, 0.2) is 0 Å². The van der Waals surface area contributed by atoms with E-state index in [1.807, 2.05) is 6.92 Å². The van der Waals surface area contributed by atoms with Gasteiger partial charge in [0.05, 0.1) is 18.7 Å². The fraction of sp³-hybridized carbons (Fsp3) is 0.0909. The van der Waals surface area contributed by atoms with Crippen molar-refractivity contribution in [2.45, 2.75) is 30.8 Å². The number of esters is 1. The maximum absolute atomic E-state index is 13.8. The highest BCUT2D eigenvalue weighted by Crippen LogP contribution is 2.85. The van der Waals surface area contributed by atoms with E-state index in [0.29, 0.717) is 19.4 Å². The first-order chi connectivity index (χ1) is 34.8. The Hall–Kier alpha value is -8.60. The zero-order valence-corrected chi connectivity index (χ0v) is 35.8. The zero-order chi connectivity index (χ0) is 41.9. The maximum atomic E-state index is 13.8. The van der Waals surface area contributed by atoms with E-state index in [-0.39, 0.29) is 5.97 Å². The van der Waals surface area contributed by atoms with Crippen LogP contribution in [0.25, 0.3) is 291 Å². The van der Waals surface area contributed by atoms with Crippen molar-refractivity contribution in [3.63, 3.8) is 0 Å². The topological polar surface area (TPSA) is 47.9 Å². The minimum Gasteiger partial charge on any atom is -0.466 e. The van der Waals surface area contributed by atoms with Crippen LogP contribution >= 0.6 is 0 Å². The highest BCUT2D eigenvalue weighted by atomic mass is 16.7. The lowest BCUT2D eigenvalue weighted by molar-refractivity contribution is -0.142. The van der Waals surface area contributed by atoms with Crippen molar-refractivity contribution < 1.29 is 14.4 Å². The molecule has 0 saturated carbocycles. The van der Waals surface area contributed by atoms with E-state index < -0.39 is 11.0 Å². The normalized spacial score (nSPS) is 22.3. The summed E-state index contributed by atoms with van der Waals surface area (Å²) in [6.07, 6.45) is 0.803. The minimum atomic E-state index is -0.900. The average Bonchev–Trinajstić information content (AvgIpc) is 4.32. The third-order valence-electron chi connectivity index (χ3n) is 24.8. The predicted molar refractivity (Wildman–Crippen MR) is 288 cm³/mol. The van der Waals surface area contributed by atoms with Crippen molar-refractivity contribution in [2.24, 2.45) is 5.16 Å². The van der Waals surface area contributed by atoms with Gasteiger partial charge >= 0.3 is 5.97 Å². The fourth-order valence-corrected chi connectivity index (χ4v) is 24.7. The molecule has 0 fully saturated rings. The van der Waals surface area contributed by atoms with Crippen LogP contribution in [0.1, 0.15) is 42.0 Å². The molecule has 1 aliphatic heterocycles. The number of hydrogen-bond acceptors (Lipinski definition) is 4. The first-order valence-electron chi connectivity index (χ1n) is 26.0. The van der Waals surface area contributed by atoms with Gasteiger partial charge in [-0.1, -0.05) is 5.16 Å². The molecular formula is C66H9NO3. The summed E-state index contributed by atoms with van der Waals surface area (Å²) in [6, 6.07) is 0. The quantitative estimate of drug-likeness (QED) is 0.131. The van der Waals surface area contributed by atoms with E-state index in [2.05, 4.69) is 0 Å². The number of carbonyl (C=O) groups excluding carboxylic acids is 1. The summed E-state index contributed by atoms with van der Waals surface area (Å²) < 4.78 is 5.79. The highest BCUT2D eigenvalue weighted by molar-refractivity contribution is 6.82. The summed E-state index contributed by atoms with van der Waals surface area (Å²) >= 11 is 0. The van der Waals surface area contributed by atoms with Gasteiger partial charge in [-0.15, -0.1) is 0 Å². The van der Waals surface area contributed by atoms with Crippen molar-refractivity contribution in [2.75, 3.05) is 6.61 Å². The molecule has 0 bridgehead atoms. The molecule has 4 aliphatic carbocycles. The van der Waals surface area contributed by atoms with E-state index in [9.17, 15) is 4.79 Å². The number of carbonyl (C=O) groups is 1. The van der Waals surface area contributed by atoms with Crippen LogP contribution in [-0.2, 0) is 25.4 Å². The Kier molecular flexibility index (Phi) is 2.23. The predicted octanol–water partition coefficient (Wildman–Crippen LogP) is 17.0. The summed E-state index contributed by atoms with van der Waals surface area (Å²) in [4.78, 5) is 21.8. The van der Waals surface area contributed by atoms with Crippen LogP contribution in [-0.4, -0.2) is 18.3 Å². The smallest absolute Gasteiger partial charge is 0.306 e. The van der Waals surface area contributed by atoms with Gasteiger partial charge in [0.2, 0.25) is 5.60 Å². The van der Waals surface area contributed by atoms with Crippen LogP contribution in [0, 0.1) is 0 Å². The van der Waals surface area contributed by atoms with Crippen molar-refractivity contribution in [3.8, 4) is 0 Å². The molecule has 0 amide bonds. The van der Waals surface area contributed by atoms with Crippen LogP contribution in [0.15, 0.2) is 5.16 Å². The lowest BCUT2D eigenvalue weighted by Gasteiger charge is -2.47. The van der Waals surface area contributed by atoms with Gasteiger partial charge < -0.3 is 9.57 Å². The number of rotatable bonds is 4. The number of nitrogens with zero attached hydrogens (tertiary/aromatic N) is 1. The molecular weight excluding hydrogens is 855 g/mol. The van der Waals surface area contributed by atoms with Gasteiger partial charge in [0, 0.05) is 17.5 Å². The van der Waals surface area contributed by atoms with E-state index in [4.69, 9.17) is 14.7 Å². The largest absolute Gasteiger partial charge is 0.466 e. The monoisotopic (exact) mass is 863 g/mol. The summed E-state index contributed by atoms with van der Waals surface area (Å²) in [5.41, 5.74) is 5.25. The molecule has 5 aliphatic rings. The number of hydrogen-bond donors (Lipinski definition) is 0. The van der Waals surface area contributed by atoms with Crippen LogP contribution < -0.4 is 0 Å². The SMILES string of the molecule is CCOC(=O)CCC1=NOC23c4c5c6c7c8c9c(c%10c%11c2c2c4c4c%12c5c5c6c6c8c8c%13c9c9c%10c%10c%11c%11c2c2c4c4c%12c%12c5c5c6c8c6c8c%13c9c9c%10c%10c%11c2c2c4c4c%12c5c6c5c8c9c%10c2c45)C173. The standard InChI is InChI=1S/C66H9NO3/c1-2-69-6(68)4-3-5-65-61-53-45-35-25-17-9-7-8-11-15-13(9)21-29-23(15)33-27-19(11)20-12(8)16-14-10(7)18(17)26-32-22(14)30-24(16)34-28(20)38-37(27)49-43(33)51-41(29)47(39(45)31(21)25)55(61)57(51)63-59(49)60-50(38)44(34)52-42(30)48-40(32)46(36(26)35)54(53)62(65)56(48)58(52)64(60)66(63,65)70-67-5/h2-4H2,1H3. The molecule has 0 atom stereocenters. The zero-order valence-electron chi connectivity index (χ0n) is 35.8. The average molecular weight is 864 g/mol. The molecule has 0 radical (unpaired) electrons. The van der Waals surface area contributed by atoms with Gasteiger partial charge in [-0.3, -0.25) is 4.79 Å². The lowest BCUT2D eigenvalue weighted by atomic mass is 9.52. The van der Waals surface area contributed by atoms with E-state index in [0.717, 1.165) is 5.71 Å². The molecule has 28 aromatic carbocycles. The van der Waals surface area contributed by atoms with Gasteiger partial charge in [0.25, 0.3) is 0 Å². The second-order valence-electron chi connectivity index (χ2n) is 25.1. The third-order valence-corrected chi connectivity index (χ3v) is 24.8. The first-order valence-corrected chi connectivity index (χ1v) is 26.0.